The third-order valence-corrected chi connectivity index (χ3v) is 1.67. The molecule has 0 aliphatic carbocycles. The number of hydrogen-bond acceptors (Lipinski definition) is 1. The zero-order chi connectivity index (χ0) is 8.43. The number of nitrogens with one attached hydrogen (secondary N) is 1. The van der Waals surface area contributed by atoms with Crippen LogP contribution in [0.3, 0.4) is 0 Å². The lowest BCUT2D eigenvalue weighted by molar-refractivity contribution is -0.136. The first-order chi connectivity index (χ1) is 5.11. The summed E-state index contributed by atoms with van der Waals surface area (Å²) in [4.78, 5) is 13.2. The molecule has 1 aromatic rings. The van der Waals surface area contributed by atoms with Crippen LogP contribution in [-0.2, 0) is 11.2 Å². The molecular weight excluding hydrogens is 142 g/mol. The smallest absolute Gasteiger partial charge is 0.307 e. The van der Waals surface area contributed by atoms with Crippen molar-refractivity contribution in [3.05, 3.63) is 23.0 Å². The zero-order valence-corrected chi connectivity index (χ0v) is 6.56. The maximum absolute atomic E-state index is 10.3. The first kappa shape index (κ1) is 7.85. The molecule has 0 fully saturated rings. The lowest BCUT2D eigenvalue weighted by atomic mass is 10.1. The normalized spacial score (nSPS) is 10.0. The predicted molar refractivity (Wildman–Crippen MR) is 40.4 cm³/mol. The molecule has 2 N–H and O–H groups in total. The van der Waals surface area contributed by atoms with E-state index in [1.807, 2.05) is 13.8 Å². The Hall–Kier alpha value is -1.25. The Morgan fingerprint density at radius 2 is 2.27 bits per heavy atom. The van der Waals surface area contributed by atoms with E-state index >= 15 is 0 Å². The first-order valence-corrected chi connectivity index (χ1v) is 3.38. The van der Waals surface area contributed by atoms with Crippen molar-refractivity contribution >= 4 is 5.97 Å². The van der Waals surface area contributed by atoms with Crippen LogP contribution in [0.25, 0.3) is 0 Å². The van der Waals surface area contributed by atoms with E-state index in [0.29, 0.717) is 0 Å². The van der Waals surface area contributed by atoms with Gasteiger partial charge in [0.1, 0.15) is 0 Å². The van der Waals surface area contributed by atoms with Gasteiger partial charge in [-0.1, -0.05) is 0 Å². The molecule has 1 rings (SSSR count). The van der Waals surface area contributed by atoms with E-state index < -0.39 is 5.97 Å². The van der Waals surface area contributed by atoms with Gasteiger partial charge in [-0.05, 0) is 25.0 Å². The molecule has 1 radical (unpaired) electrons. The Balaban J connectivity index is 2.92. The van der Waals surface area contributed by atoms with Crippen molar-refractivity contribution in [2.24, 2.45) is 0 Å². The minimum atomic E-state index is -0.802. The molecule has 0 aliphatic heterocycles. The third-order valence-electron chi connectivity index (χ3n) is 1.67. The third kappa shape index (κ3) is 1.61. The average molecular weight is 152 g/mol. The SMILES string of the molecule is Cc1[c][nH]c(C)c1CC(=O)O. The van der Waals surface area contributed by atoms with Crippen LogP contribution in [0.4, 0.5) is 0 Å². The van der Waals surface area contributed by atoms with E-state index in [4.69, 9.17) is 5.11 Å². The molecule has 11 heavy (non-hydrogen) atoms. The Morgan fingerprint density at radius 1 is 1.64 bits per heavy atom. The maximum atomic E-state index is 10.3. The van der Waals surface area contributed by atoms with Crippen molar-refractivity contribution in [1.82, 2.24) is 4.98 Å². The number of carboxylic acids is 1. The molecule has 0 spiro atoms. The fraction of sp³-hybridized carbons (Fsp3) is 0.375. The highest BCUT2D eigenvalue weighted by Gasteiger charge is 2.08. The summed E-state index contributed by atoms with van der Waals surface area (Å²) in [6.45, 7) is 3.70. The highest BCUT2D eigenvalue weighted by Crippen LogP contribution is 2.11. The lowest BCUT2D eigenvalue weighted by Crippen LogP contribution is -2.01. The molecule has 3 nitrogen and oxygen atoms in total. The Labute approximate surface area is 65.1 Å². The van der Waals surface area contributed by atoms with Gasteiger partial charge in [-0.15, -0.1) is 0 Å². The van der Waals surface area contributed by atoms with Gasteiger partial charge in [-0.3, -0.25) is 4.79 Å². The van der Waals surface area contributed by atoms with Crippen LogP contribution in [-0.4, -0.2) is 16.1 Å². The summed E-state index contributed by atoms with van der Waals surface area (Å²) in [6, 6.07) is 0. The van der Waals surface area contributed by atoms with Gasteiger partial charge in [-0.2, -0.15) is 0 Å². The summed E-state index contributed by atoms with van der Waals surface area (Å²) in [6.07, 6.45) is 2.93. The van der Waals surface area contributed by atoms with Gasteiger partial charge in [-0.25, -0.2) is 0 Å². The summed E-state index contributed by atoms with van der Waals surface area (Å²) < 4.78 is 0. The Bertz CT molecular complexity index is 256. The fourth-order valence-corrected chi connectivity index (χ4v) is 1.04. The van der Waals surface area contributed by atoms with Crippen LogP contribution in [0.15, 0.2) is 0 Å². The van der Waals surface area contributed by atoms with Crippen molar-refractivity contribution in [2.75, 3.05) is 0 Å². The maximum Gasteiger partial charge on any atom is 0.307 e. The Morgan fingerprint density at radius 3 is 2.64 bits per heavy atom. The van der Waals surface area contributed by atoms with Crippen molar-refractivity contribution < 1.29 is 9.90 Å². The van der Waals surface area contributed by atoms with Gasteiger partial charge in [0, 0.05) is 5.69 Å². The van der Waals surface area contributed by atoms with E-state index in [2.05, 4.69) is 11.2 Å². The molecule has 0 bridgehead atoms. The second-order valence-corrected chi connectivity index (χ2v) is 2.55. The number of carboxylic acid groups (broad SMARTS) is 1. The number of H-pyrrole nitrogens is 1. The molecule has 0 saturated carbocycles. The van der Waals surface area contributed by atoms with E-state index in [-0.39, 0.29) is 6.42 Å². The van der Waals surface area contributed by atoms with E-state index in [0.717, 1.165) is 16.8 Å². The van der Waals surface area contributed by atoms with Crippen LogP contribution in [0.1, 0.15) is 16.8 Å². The summed E-state index contributed by atoms with van der Waals surface area (Å²) in [5.74, 6) is -0.802. The summed E-state index contributed by atoms with van der Waals surface area (Å²) in [5, 5.41) is 8.51. The van der Waals surface area contributed by atoms with E-state index in [9.17, 15) is 4.79 Å². The summed E-state index contributed by atoms with van der Waals surface area (Å²) in [7, 11) is 0. The van der Waals surface area contributed by atoms with Gasteiger partial charge in [0.05, 0.1) is 12.6 Å². The second kappa shape index (κ2) is 2.78. The fourth-order valence-electron chi connectivity index (χ4n) is 1.04. The number of aromatic amines is 1. The number of carbonyl (C=O) groups is 1. The van der Waals surface area contributed by atoms with E-state index in [1.165, 1.54) is 0 Å². The predicted octanol–water partition coefficient (Wildman–Crippen LogP) is 1.06. The van der Waals surface area contributed by atoms with Crippen molar-refractivity contribution in [3.63, 3.8) is 0 Å². The van der Waals surface area contributed by atoms with Crippen molar-refractivity contribution in [2.45, 2.75) is 20.3 Å². The summed E-state index contributed by atoms with van der Waals surface area (Å²) in [5.41, 5.74) is 2.63. The molecule has 0 amide bonds. The van der Waals surface area contributed by atoms with Gasteiger partial charge in [0.25, 0.3) is 0 Å². The minimum Gasteiger partial charge on any atom is -0.481 e. The molecule has 0 aliphatic rings. The number of aromatic nitrogens is 1. The highest BCUT2D eigenvalue weighted by molar-refractivity contribution is 5.71. The molecule has 1 heterocycles. The average Bonchev–Trinajstić information content (AvgIpc) is 2.18. The topological polar surface area (TPSA) is 53.1 Å². The van der Waals surface area contributed by atoms with Gasteiger partial charge >= 0.3 is 5.97 Å². The van der Waals surface area contributed by atoms with Crippen LogP contribution in [0.5, 0.6) is 0 Å². The lowest BCUT2D eigenvalue weighted by Gasteiger charge is -1.95. The molecule has 0 aromatic carbocycles. The Kier molecular flexibility index (Phi) is 1.98. The molecule has 59 valence electrons. The number of hydrogen-bond donors (Lipinski definition) is 2. The molecule has 0 atom stereocenters. The largest absolute Gasteiger partial charge is 0.481 e. The second-order valence-electron chi connectivity index (χ2n) is 2.55. The number of rotatable bonds is 2. The number of aryl methyl sites for hydroxylation is 2. The van der Waals surface area contributed by atoms with Crippen molar-refractivity contribution in [1.29, 1.82) is 0 Å². The van der Waals surface area contributed by atoms with Crippen LogP contribution >= 0.6 is 0 Å². The van der Waals surface area contributed by atoms with Gasteiger partial charge < -0.3 is 10.1 Å². The van der Waals surface area contributed by atoms with Gasteiger partial charge in [0.2, 0.25) is 0 Å². The summed E-state index contributed by atoms with van der Waals surface area (Å²) >= 11 is 0. The van der Waals surface area contributed by atoms with E-state index in [1.54, 1.807) is 0 Å². The molecular formula is C8H10NO2. The minimum absolute atomic E-state index is 0.0810. The molecule has 3 heteroatoms. The standard InChI is InChI=1S/C8H10NO2/c1-5-4-9-6(2)7(5)3-8(10)11/h9H,3H2,1-2H3,(H,10,11). The molecule has 0 saturated heterocycles. The quantitative estimate of drug-likeness (QED) is 0.665. The van der Waals surface area contributed by atoms with Crippen LogP contribution < -0.4 is 0 Å². The monoisotopic (exact) mass is 152 g/mol. The number of aliphatic carboxylic acids is 1. The van der Waals surface area contributed by atoms with Gasteiger partial charge in [0.15, 0.2) is 0 Å². The van der Waals surface area contributed by atoms with Crippen LogP contribution in [0, 0.1) is 20.0 Å². The molecule has 1 aromatic heterocycles. The molecule has 0 unspecified atom stereocenters. The first-order valence-electron chi connectivity index (χ1n) is 3.38. The highest BCUT2D eigenvalue weighted by atomic mass is 16.4. The van der Waals surface area contributed by atoms with Crippen LogP contribution in [0.2, 0.25) is 0 Å². The van der Waals surface area contributed by atoms with Crippen molar-refractivity contribution in [3.8, 4) is 0 Å². The zero-order valence-electron chi connectivity index (χ0n) is 6.56.